The number of anilines is 1. The number of hydrogen-bond acceptors (Lipinski definition) is 4. The summed E-state index contributed by atoms with van der Waals surface area (Å²) in [5.74, 6) is 1.49. The lowest BCUT2D eigenvalue weighted by atomic mass is 10.0. The van der Waals surface area contributed by atoms with Crippen LogP contribution < -0.4 is 14.4 Å². The van der Waals surface area contributed by atoms with Crippen LogP contribution in [0.2, 0.25) is 0 Å². The minimum atomic E-state index is -0.326. The Labute approximate surface area is 192 Å². The molecule has 32 heavy (non-hydrogen) atoms. The van der Waals surface area contributed by atoms with Crippen LogP contribution in [0, 0.1) is 6.92 Å². The van der Waals surface area contributed by atoms with Gasteiger partial charge < -0.3 is 14.4 Å². The maximum absolute atomic E-state index is 12.8. The van der Waals surface area contributed by atoms with Crippen molar-refractivity contribution in [2.45, 2.75) is 45.4 Å². The molecule has 0 unspecified atom stereocenters. The van der Waals surface area contributed by atoms with E-state index in [1.807, 2.05) is 49.4 Å². The Bertz CT molecular complexity index is 896. The number of unbranched alkanes of at least 4 members (excludes halogenated alkanes) is 3. The summed E-state index contributed by atoms with van der Waals surface area (Å²) >= 11 is 0. The second-order valence-corrected chi connectivity index (χ2v) is 8.49. The summed E-state index contributed by atoms with van der Waals surface area (Å²) in [7, 11) is 2.13. The fraction of sp³-hybridized carbons (Fsp3) is 0.444. The summed E-state index contributed by atoms with van der Waals surface area (Å²) in [6.07, 6.45) is 8.12. The molecule has 0 aromatic heterocycles. The molecule has 1 aliphatic rings. The number of benzene rings is 2. The maximum atomic E-state index is 12.8. The Morgan fingerprint density at radius 1 is 1.16 bits per heavy atom. The lowest BCUT2D eigenvalue weighted by Gasteiger charge is -2.29. The van der Waals surface area contributed by atoms with Crippen molar-refractivity contribution in [1.82, 2.24) is 4.90 Å². The fourth-order valence-electron chi connectivity index (χ4n) is 4.01. The fourth-order valence-corrected chi connectivity index (χ4v) is 4.01. The maximum Gasteiger partial charge on any atom is 0.419 e. The van der Waals surface area contributed by atoms with Crippen molar-refractivity contribution in [2.75, 3.05) is 38.2 Å². The van der Waals surface area contributed by atoms with Gasteiger partial charge in [-0.05, 0) is 81.6 Å². The number of carbonyl (C=O) groups excluding carboxylic acids is 1. The molecule has 0 saturated heterocycles. The summed E-state index contributed by atoms with van der Waals surface area (Å²) in [6.45, 7) is 9.16. The first-order chi connectivity index (χ1) is 15.6. The monoisotopic (exact) mass is 436 g/mol. The van der Waals surface area contributed by atoms with Crippen molar-refractivity contribution in [3.63, 3.8) is 0 Å². The Kier molecular flexibility index (Phi) is 9.17. The van der Waals surface area contributed by atoms with E-state index in [0.29, 0.717) is 12.3 Å². The van der Waals surface area contributed by atoms with Crippen LogP contribution >= 0.6 is 0 Å². The van der Waals surface area contributed by atoms with Crippen LogP contribution in [-0.4, -0.2) is 44.3 Å². The van der Waals surface area contributed by atoms with Crippen LogP contribution in [0.5, 0.6) is 11.5 Å². The minimum Gasteiger partial charge on any atom is -0.494 e. The third-order valence-electron chi connectivity index (χ3n) is 5.82. The predicted molar refractivity (Wildman–Crippen MR) is 131 cm³/mol. The van der Waals surface area contributed by atoms with Crippen molar-refractivity contribution in [1.29, 1.82) is 0 Å². The number of ether oxygens (including phenoxy) is 2. The first-order valence-electron chi connectivity index (χ1n) is 11.7. The van der Waals surface area contributed by atoms with Gasteiger partial charge in [-0.15, -0.1) is 6.58 Å². The van der Waals surface area contributed by atoms with Crippen molar-refractivity contribution in [3.05, 3.63) is 66.2 Å². The summed E-state index contributed by atoms with van der Waals surface area (Å²) in [6, 6.07) is 13.6. The van der Waals surface area contributed by atoms with E-state index in [4.69, 9.17) is 9.47 Å². The standard InChI is InChI=1S/C27H36N2O3/c1-4-17-28(3)18-9-5-6-10-20-31-24-15-16-25-23(21-24)13-11-19-29(25)27(30)32-26-14-8-7-12-22(26)2/h4,7-8,12,14-16,21H,1,5-6,9-11,13,17-20H2,2-3H3. The molecule has 0 radical (unpaired) electrons. The molecule has 2 aromatic carbocycles. The molecule has 1 amide bonds. The third-order valence-corrected chi connectivity index (χ3v) is 5.82. The molecule has 0 atom stereocenters. The lowest BCUT2D eigenvalue weighted by Crippen LogP contribution is -2.37. The molecule has 2 aromatic rings. The van der Waals surface area contributed by atoms with Gasteiger partial charge in [0.15, 0.2) is 0 Å². The molecule has 0 N–H and O–H groups in total. The minimum absolute atomic E-state index is 0.326. The average Bonchev–Trinajstić information content (AvgIpc) is 2.79. The molecule has 0 spiro atoms. The van der Waals surface area contributed by atoms with Gasteiger partial charge in [-0.2, -0.15) is 0 Å². The van der Waals surface area contributed by atoms with Gasteiger partial charge in [-0.25, -0.2) is 4.79 Å². The topological polar surface area (TPSA) is 42.0 Å². The van der Waals surface area contributed by atoms with Crippen LogP contribution in [0.25, 0.3) is 0 Å². The molecular formula is C27H36N2O3. The Balaban J connectivity index is 1.47. The van der Waals surface area contributed by atoms with Gasteiger partial charge in [0, 0.05) is 13.1 Å². The van der Waals surface area contributed by atoms with Crippen LogP contribution in [0.4, 0.5) is 10.5 Å². The van der Waals surface area contributed by atoms with Gasteiger partial charge in [0.1, 0.15) is 11.5 Å². The summed E-state index contributed by atoms with van der Waals surface area (Å²) in [4.78, 5) is 16.8. The number of fused-ring (bicyclic) bond motifs is 1. The summed E-state index contributed by atoms with van der Waals surface area (Å²) in [5, 5.41) is 0. The zero-order valence-electron chi connectivity index (χ0n) is 19.5. The number of rotatable bonds is 11. The van der Waals surface area contributed by atoms with Crippen LogP contribution in [0.15, 0.2) is 55.1 Å². The summed E-state index contributed by atoms with van der Waals surface area (Å²) < 4.78 is 11.6. The third kappa shape index (κ3) is 6.86. The average molecular weight is 437 g/mol. The zero-order chi connectivity index (χ0) is 22.8. The Hall–Kier alpha value is -2.79. The Morgan fingerprint density at radius 2 is 1.97 bits per heavy atom. The van der Waals surface area contributed by atoms with E-state index in [9.17, 15) is 4.79 Å². The van der Waals surface area contributed by atoms with E-state index < -0.39 is 0 Å². The number of amides is 1. The number of hydrogen-bond donors (Lipinski definition) is 0. The van der Waals surface area contributed by atoms with Gasteiger partial charge in [0.05, 0.1) is 12.3 Å². The molecular weight excluding hydrogens is 400 g/mol. The second kappa shape index (κ2) is 12.3. The molecule has 0 aliphatic carbocycles. The van der Waals surface area contributed by atoms with Crippen LogP contribution in [0.1, 0.15) is 43.2 Å². The molecule has 0 saturated carbocycles. The zero-order valence-corrected chi connectivity index (χ0v) is 19.5. The largest absolute Gasteiger partial charge is 0.494 e. The predicted octanol–water partition coefficient (Wildman–Crippen LogP) is 6.00. The first-order valence-corrected chi connectivity index (χ1v) is 11.7. The molecule has 3 rings (SSSR count). The van der Waals surface area contributed by atoms with Gasteiger partial charge >= 0.3 is 6.09 Å². The number of likely N-dealkylation sites (N-methyl/N-ethyl adjacent to an activating group) is 1. The van der Waals surface area contributed by atoms with E-state index in [-0.39, 0.29) is 6.09 Å². The number of aryl methyl sites for hydroxylation is 2. The van der Waals surface area contributed by atoms with Gasteiger partial charge in [0.25, 0.3) is 0 Å². The van der Waals surface area contributed by atoms with Gasteiger partial charge in [-0.1, -0.05) is 37.1 Å². The Morgan fingerprint density at radius 3 is 2.78 bits per heavy atom. The van der Waals surface area contributed by atoms with Crippen molar-refractivity contribution in [3.8, 4) is 11.5 Å². The first kappa shape index (κ1) is 23.9. The molecule has 1 heterocycles. The molecule has 0 bridgehead atoms. The molecule has 0 fully saturated rings. The quantitative estimate of drug-likeness (QED) is 0.320. The van der Waals surface area contributed by atoms with E-state index >= 15 is 0 Å². The van der Waals surface area contributed by atoms with E-state index in [0.717, 1.165) is 61.5 Å². The smallest absolute Gasteiger partial charge is 0.419 e. The number of para-hydroxylation sites is 1. The molecule has 172 valence electrons. The van der Waals surface area contributed by atoms with Crippen molar-refractivity contribution >= 4 is 11.8 Å². The van der Waals surface area contributed by atoms with Crippen molar-refractivity contribution in [2.24, 2.45) is 0 Å². The molecule has 5 heteroatoms. The second-order valence-electron chi connectivity index (χ2n) is 8.49. The highest BCUT2D eigenvalue weighted by Gasteiger charge is 2.25. The summed E-state index contributed by atoms with van der Waals surface area (Å²) in [5.41, 5.74) is 3.01. The van der Waals surface area contributed by atoms with Crippen LogP contribution in [-0.2, 0) is 6.42 Å². The van der Waals surface area contributed by atoms with Gasteiger partial charge in [0.2, 0.25) is 0 Å². The SMILES string of the molecule is C=CCN(C)CCCCCCOc1ccc2c(c1)CCCN2C(=O)Oc1ccccc1C. The normalized spacial score (nSPS) is 13.0. The van der Waals surface area contributed by atoms with Gasteiger partial charge in [-0.3, -0.25) is 4.90 Å². The highest BCUT2D eigenvalue weighted by atomic mass is 16.6. The molecule has 1 aliphatic heterocycles. The number of nitrogens with zero attached hydrogens (tertiary/aromatic N) is 2. The molecule has 5 nitrogen and oxygen atoms in total. The van der Waals surface area contributed by atoms with E-state index in [1.165, 1.54) is 19.3 Å². The number of carbonyl (C=O) groups is 1. The highest BCUT2D eigenvalue weighted by Crippen LogP contribution is 2.31. The highest BCUT2D eigenvalue weighted by molar-refractivity contribution is 5.91. The van der Waals surface area contributed by atoms with Crippen LogP contribution in [0.3, 0.4) is 0 Å². The van der Waals surface area contributed by atoms with E-state index in [2.05, 4.69) is 24.6 Å². The van der Waals surface area contributed by atoms with Crippen molar-refractivity contribution < 1.29 is 14.3 Å². The lowest BCUT2D eigenvalue weighted by molar-refractivity contribution is 0.206. The van der Waals surface area contributed by atoms with E-state index in [1.54, 1.807) is 4.90 Å².